The molecule has 0 spiro atoms. The van der Waals surface area contributed by atoms with Gasteiger partial charge >= 0.3 is 0 Å². The van der Waals surface area contributed by atoms with Gasteiger partial charge in [0.25, 0.3) is 5.91 Å². The summed E-state index contributed by atoms with van der Waals surface area (Å²) in [7, 11) is 0. The highest BCUT2D eigenvalue weighted by molar-refractivity contribution is 9.10. The summed E-state index contributed by atoms with van der Waals surface area (Å²) in [5, 5.41) is 4.36. The zero-order valence-electron chi connectivity index (χ0n) is 14.1. The summed E-state index contributed by atoms with van der Waals surface area (Å²) < 4.78 is 0.857. The van der Waals surface area contributed by atoms with Gasteiger partial charge in [-0.25, -0.2) is 14.9 Å². The summed E-state index contributed by atoms with van der Waals surface area (Å²) in [6.45, 7) is 1.72. The molecule has 3 aliphatic rings. The van der Waals surface area contributed by atoms with Crippen molar-refractivity contribution in [1.29, 1.82) is 0 Å². The Labute approximate surface area is 160 Å². The van der Waals surface area contributed by atoms with Crippen molar-refractivity contribution in [2.24, 2.45) is 5.92 Å². The highest BCUT2D eigenvalue weighted by atomic mass is 79.9. The summed E-state index contributed by atoms with van der Waals surface area (Å²) >= 11 is 3.44. The number of benzene rings is 2. The molecule has 2 aromatic rings. The third-order valence-corrected chi connectivity index (χ3v) is 6.11. The fourth-order valence-corrected chi connectivity index (χ4v) is 5.02. The Morgan fingerprint density at radius 1 is 0.846 bits per heavy atom. The Balaban J connectivity index is 1.60. The van der Waals surface area contributed by atoms with Crippen molar-refractivity contribution in [2.75, 3.05) is 18.0 Å². The lowest BCUT2D eigenvalue weighted by atomic mass is 9.90. The summed E-state index contributed by atoms with van der Waals surface area (Å²) in [4.78, 5) is 28.0. The first-order chi connectivity index (χ1) is 12.7. The van der Waals surface area contributed by atoms with E-state index in [9.17, 15) is 9.59 Å². The zero-order chi connectivity index (χ0) is 17.8. The molecule has 3 saturated heterocycles. The molecule has 2 aromatic carbocycles. The zero-order valence-corrected chi connectivity index (χ0v) is 15.7. The van der Waals surface area contributed by atoms with Crippen LogP contribution in [-0.2, 0) is 9.59 Å². The van der Waals surface area contributed by atoms with Gasteiger partial charge in [0.15, 0.2) is 0 Å². The number of carbonyl (C=O) groups is 2. The van der Waals surface area contributed by atoms with Gasteiger partial charge in [-0.1, -0.05) is 52.3 Å². The first kappa shape index (κ1) is 16.2. The van der Waals surface area contributed by atoms with E-state index >= 15 is 0 Å². The number of carbonyl (C=O) groups excluding carboxylic acids is 2. The Bertz CT molecular complexity index is 888. The summed E-state index contributed by atoms with van der Waals surface area (Å²) in [5.41, 5.74) is 1.74. The predicted molar refractivity (Wildman–Crippen MR) is 101 cm³/mol. The fraction of sp³-hybridized carbons (Fsp3) is 0.300. The van der Waals surface area contributed by atoms with Crippen LogP contribution in [0.15, 0.2) is 59.1 Å². The number of hydrogen-bond donors (Lipinski definition) is 0. The molecule has 3 atom stereocenters. The van der Waals surface area contributed by atoms with Gasteiger partial charge in [0.2, 0.25) is 5.91 Å². The van der Waals surface area contributed by atoms with Gasteiger partial charge in [-0.15, -0.1) is 0 Å². The molecule has 5 rings (SSSR count). The van der Waals surface area contributed by atoms with Crippen LogP contribution in [0.2, 0.25) is 0 Å². The molecule has 0 unspecified atom stereocenters. The maximum absolute atomic E-state index is 13.4. The van der Waals surface area contributed by atoms with Crippen LogP contribution < -0.4 is 4.90 Å². The standard InChI is InChI=1S/C20H18BrN3O2/c21-14-8-4-9-15(12-14)24-19(25)16-17(13-6-2-1-3-7-13)22-10-5-11-23(22)18(16)20(24)26/h1-4,6-9,12,16-18H,5,10-11H2/t16-,17-,18-/m0/s1. The molecule has 0 aromatic heterocycles. The number of nitrogens with zero attached hydrogens (tertiary/aromatic N) is 3. The minimum atomic E-state index is -0.394. The summed E-state index contributed by atoms with van der Waals surface area (Å²) in [6.07, 6.45) is 1.02. The lowest BCUT2D eigenvalue weighted by molar-refractivity contribution is -0.126. The SMILES string of the molecule is O=C1[C@@H]2[C@@H](C(=O)N1c1cccc(Br)c1)N1CCCN1[C@H]2c1ccccc1. The maximum Gasteiger partial charge on any atom is 0.253 e. The van der Waals surface area contributed by atoms with Crippen LogP contribution >= 0.6 is 15.9 Å². The molecular formula is C20H18BrN3O2. The van der Waals surface area contributed by atoms with E-state index in [1.54, 1.807) is 0 Å². The molecule has 0 bridgehead atoms. The van der Waals surface area contributed by atoms with Crippen LogP contribution in [-0.4, -0.2) is 41.0 Å². The molecule has 5 nitrogen and oxygen atoms in total. The van der Waals surface area contributed by atoms with E-state index in [2.05, 4.69) is 38.1 Å². The van der Waals surface area contributed by atoms with Gasteiger partial charge in [-0.05, 0) is 30.2 Å². The van der Waals surface area contributed by atoms with Crippen molar-refractivity contribution in [3.63, 3.8) is 0 Å². The minimum Gasteiger partial charge on any atom is -0.274 e. The van der Waals surface area contributed by atoms with Gasteiger partial charge in [-0.2, -0.15) is 0 Å². The van der Waals surface area contributed by atoms with Gasteiger partial charge in [-0.3, -0.25) is 9.59 Å². The van der Waals surface area contributed by atoms with E-state index in [0.717, 1.165) is 29.5 Å². The third kappa shape index (κ3) is 2.22. The Hall–Kier alpha value is -2.02. The van der Waals surface area contributed by atoms with Crippen molar-refractivity contribution in [3.05, 3.63) is 64.6 Å². The number of amides is 2. The number of anilines is 1. The summed E-state index contributed by atoms with van der Waals surface area (Å²) in [5.74, 6) is -0.561. The van der Waals surface area contributed by atoms with Crippen molar-refractivity contribution < 1.29 is 9.59 Å². The smallest absolute Gasteiger partial charge is 0.253 e. The molecule has 0 radical (unpaired) electrons. The molecule has 26 heavy (non-hydrogen) atoms. The average Bonchev–Trinajstić information content (AvgIpc) is 3.28. The molecule has 3 fully saturated rings. The first-order valence-corrected chi connectivity index (χ1v) is 9.67. The molecule has 0 N–H and O–H groups in total. The minimum absolute atomic E-state index is 0.0719. The van der Waals surface area contributed by atoms with Crippen LogP contribution in [0.5, 0.6) is 0 Å². The number of fused-ring (bicyclic) bond motifs is 3. The van der Waals surface area contributed by atoms with Crippen LogP contribution in [0.25, 0.3) is 0 Å². The molecular weight excluding hydrogens is 394 g/mol. The van der Waals surface area contributed by atoms with Gasteiger partial charge in [0.05, 0.1) is 17.6 Å². The van der Waals surface area contributed by atoms with E-state index in [1.165, 1.54) is 4.90 Å². The second-order valence-electron chi connectivity index (χ2n) is 7.00. The molecule has 2 amide bonds. The van der Waals surface area contributed by atoms with Crippen LogP contribution in [0, 0.1) is 5.92 Å². The van der Waals surface area contributed by atoms with Crippen LogP contribution in [0.1, 0.15) is 18.0 Å². The maximum atomic E-state index is 13.4. The van der Waals surface area contributed by atoms with E-state index < -0.39 is 6.04 Å². The van der Waals surface area contributed by atoms with Crippen molar-refractivity contribution >= 4 is 33.4 Å². The highest BCUT2D eigenvalue weighted by Crippen LogP contribution is 2.48. The van der Waals surface area contributed by atoms with E-state index in [0.29, 0.717) is 5.69 Å². The predicted octanol–water partition coefficient (Wildman–Crippen LogP) is 2.98. The van der Waals surface area contributed by atoms with Gasteiger partial charge in [0, 0.05) is 17.6 Å². The molecule has 0 saturated carbocycles. The fourth-order valence-electron chi connectivity index (χ4n) is 4.63. The van der Waals surface area contributed by atoms with Crippen molar-refractivity contribution in [3.8, 4) is 0 Å². The second-order valence-corrected chi connectivity index (χ2v) is 7.91. The molecule has 3 heterocycles. The number of halogens is 1. The Morgan fingerprint density at radius 3 is 2.31 bits per heavy atom. The molecule has 6 heteroatoms. The number of hydrazine groups is 1. The number of rotatable bonds is 2. The van der Waals surface area contributed by atoms with E-state index in [4.69, 9.17) is 0 Å². The van der Waals surface area contributed by atoms with Gasteiger partial charge < -0.3 is 0 Å². The molecule has 0 aliphatic carbocycles. The van der Waals surface area contributed by atoms with Crippen LogP contribution in [0.3, 0.4) is 0 Å². The first-order valence-electron chi connectivity index (χ1n) is 8.88. The highest BCUT2D eigenvalue weighted by Gasteiger charge is 2.62. The third-order valence-electron chi connectivity index (χ3n) is 5.61. The van der Waals surface area contributed by atoms with Crippen molar-refractivity contribution in [1.82, 2.24) is 10.0 Å². The van der Waals surface area contributed by atoms with Crippen molar-refractivity contribution in [2.45, 2.75) is 18.5 Å². The quantitative estimate of drug-likeness (QED) is 0.712. The lowest BCUT2D eigenvalue weighted by Crippen LogP contribution is -2.44. The second kappa shape index (κ2) is 6.01. The summed E-state index contributed by atoms with van der Waals surface area (Å²) in [6, 6.07) is 17.0. The largest absolute Gasteiger partial charge is 0.274 e. The monoisotopic (exact) mass is 411 g/mol. The van der Waals surface area contributed by atoms with E-state index in [-0.39, 0.29) is 23.8 Å². The van der Waals surface area contributed by atoms with E-state index in [1.807, 2.05) is 42.5 Å². The average molecular weight is 412 g/mol. The molecule has 3 aliphatic heterocycles. The Kier molecular flexibility index (Phi) is 3.74. The molecule has 132 valence electrons. The lowest BCUT2D eigenvalue weighted by Gasteiger charge is -2.29. The number of imide groups is 1. The number of hydrogen-bond acceptors (Lipinski definition) is 4. The Morgan fingerprint density at radius 2 is 1.58 bits per heavy atom. The van der Waals surface area contributed by atoms with Gasteiger partial charge in [0.1, 0.15) is 6.04 Å². The normalized spacial score (nSPS) is 28.7. The topological polar surface area (TPSA) is 43.9 Å². The van der Waals surface area contributed by atoms with Crippen LogP contribution in [0.4, 0.5) is 5.69 Å².